The highest BCUT2D eigenvalue weighted by atomic mass is 16.2. The van der Waals surface area contributed by atoms with Gasteiger partial charge in [0.15, 0.2) is 5.69 Å². The average molecular weight is 265 g/mol. The number of rotatable bonds is 4. The number of carbonyl (C=O) groups is 1. The van der Waals surface area contributed by atoms with Crippen molar-refractivity contribution in [3.8, 4) is 0 Å². The summed E-state index contributed by atoms with van der Waals surface area (Å²) in [6, 6.07) is 0.523. The van der Waals surface area contributed by atoms with Crippen LogP contribution in [0.15, 0.2) is 0 Å². The maximum atomic E-state index is 12.1. The Morgan fingerprint density at radius 3 is 2.84 bits per heavy atom. The van der Waals surface area contributed by atoms with Gasteiger partial charge in [-0.2, -0.15) is 0 Å². The number of piperidine rings is 1. The van der Waals surface area contributed by atoms with Crippen LogP contribution in [-0.2, 0) is 0 Å². The summed E-state index contributed by atoms with van der Waals surface area (Å²) in [5.74, 6) is -0.118. The van der Waals surface area contributed by atoms with Gasteiger partial charge in [0.25, 0.3) is 5.91 Å². The molecule has 2 heterocycles. The van der Waals surface area contributed by atoms with Crippen LogP contribution in [0.1, 0.15) is 55.3 Å². The van der Waals surface area contributed by atoms with Crippen molar-refractivity contribution in [2.45, 2.75) is 52.1 Å². The Morgan fingerprint density at radius 1 is 1.53 bits per heavy atom. The zero-order valence-electron chi connectivity index (χ0n) is 11.9. The second-order valence-electron chi connectivity index (χ2n) is 5.23. The molecular formula is C13H23N5O. The highest BCUT2D eigenvalue weighted by Crippen LogP contribution is 2.20. The quantitative estimate of drug-likeness (QED) is 0.853. The average Bonchev–Trinajstić information content (AvgIpc) is 2.81. The van der Waals surface area contributed by atoms with Gasteiger partial charge in [-0.3, -0.25) is 4.79 Å². The molecule has 1 fully saturated rings. The van der Waals surface area contributed by atoms with Crippen LogP contribution in [0.4, 0.5) is 0 Å². The molecule has 2 rings (SSSR count). The molecule has 0 aromatic carbocycles. The van der Waals surface area contributed by atoms with Crippen LogP contribution in [0.2, 0.25) is 0 Å². The van der Waals surface area contributed by atoms with Gasteiger partial charge >= 0.3 is 0 Å². The van der Waals surface area contributed by atoms with E-state index >= 15 is 0 Å². The van der Waals surface area contributed by atoms with Gasteiger partial charge in [0.05, 0.1) is 11.7 Å². The topological polar surface area (TPSA) is 71.8 Å². The van der Waals surface area contributed by atoms with Crippen molar-refractivity contribution >= 4 is 5.91 Å². The summed E-state index contributed by atoms with van der Waals surface area (Å²) < 4.78 is 1.91. The smallest absolute Gasteiger partial charge is 0.273 e. The minimum absolute atomic E-state index is 0.118. The Kier molecular flexibility index (Phi) is 4.52. The van der Waals surface area contributed by atoms with Crippen molar-refractivity contribution in [2.24, 2.45) is 0 Å². The summed E-state index contributed by atoms with van der Waals surface area (Å²) in [6.07, 6.45) is 2.99. The number of hydrogen-bond donors (Lipinski definition) is 2. The lowest BCUT2D eigenvalue weighted by molar-refractivity contribution is 0.0933. The fourth-order valence-corrected chi connectivity index (χ4v) is 2.34. The first-order valence-electron chi connectivity index (χ1n) is 7.06. The van der Waals surface area contributed by atoms with Gasteiger partial charge in [0, 0.05) is 6.04 Å². The van der Waals surface area contributed by atoms with E-state index in [1.165, 1.54) is 0 Å². The third-order valence-corrected chi connectivity index (χ3v) is 3.79. The van der Waals surface area contributed by atoms with Crippen LogP contribution in [0.3, 0.4) is 0 Å². The Hall–Kier alpha value is -1.43. The summed E-state index contributed by atoms with van der Waals surface area (Å²) in [6.45, 7) is 7.96. The molecule has 0 saturated carbocycles. The number of hydrogen-bond acceptors (Lipinski definition) is 4. The predicted octanol–water partition coefficient (Wildman–Crippen LogP) is 1.04. The summed E-state index contributed by atoms with van der Waals surface area (Å²) in [4.78, 5) is 12.1. The Bertz CT molecular complexity index is 436. The van der Waals surface area contributed by atoms with Crippen molar-refractivity contribution in [2.75, 3.05) is 13.1 Å². The molecule has 6 nitrogen and oxygen atoms in total. The molecule has 0 radical (unpaired) electrons. The lowest BCUT2D eigenvalue weighted by atomic mass is 10.1. The fraction of sp³-hybridized carbons (Fsp3) is 0.769. The molecule has 2 N–H and O–H groups in total. The van der Waals surface area contributed by atoms with Crippen LogP contribution in [-0.4, -0.2) is 40.0 Å². The minimum Gasteiger partial charge on any atom is -0.348 e. The van der Waals surface area contributed by atoms with Crippen LogP contribution < -0.4 is 10.6 Å². The summed E-state index contributed by atoms with van der Waals surface area (Å²) in [5.41, 5.74) is 1.33. The van der Waals surface area contributed by atoms with Crippen molar-refractivity contribution in [1.29, 1.82) is 0 Å². The summed E-state index contributed by atoms with van der Waals surface area (Å²) >= 11 is 0. The lowest BCUT2D eigenvalue weighted by Gasteiger charge is -2.23. The molecule has 1 aromatic heterocycles. The monoisotopic (exact) mass is 265 g/mol. The van der Waals surface area contributed by atoms with Gasteiger partial charge in [-0.25, -0.2) is 4.68 Å². The van der Waals surface area contributed by atoms with Gasteiger partial charge in [0.1, 0.15) is 0 Å². The highest BCUT2D eigenvalue weighted by molar-refractivity contribution is 5.93. The lowest BCUT2D eigenvalue weighted by Crippen LogP contribution is -2.33. The maximum Gasteiger partial charge on any atom is 0.273 e. The van der Waals surface area contributed by atoms with E-state index < -0.39 is 0 Å². The SMILES string of the molecule is CCC(C)NC(=O)c1nnn(C2CCNCC2)c1C. The number of aromatic nitrogens is 3. The molecule has 1 aliphatic rings. The number of nitrogens with one attached hydrogen (secondary N) is 2. The molecule has 1 saturated heterocycles. The standard InChI is InChI=1S/C13H23N5O/c1-4-9(2)15-13(19)12-10(3)18(17-16-12)11-5-7-14-8-6-11/h9,11,14H,4-8H2,1-3H3,(H,15,19). The Labute approximate surface area is 113 Å². The van der Waals surface area contributed by atoms with E-state index in [4.69, 9.17) is 0 Å². The van der Waals surface area contributed by atoms with Gasteiger partial charge in [-0.05, 0) is 46.2 Å². The van der Waals surface area contributed by atoms with E-state index in [1.54, 1.807) is 0 Å². The zero-order chi connectivity index (χ0) is 13.8. The number of nitrogens with zero attached hydrogens (tertiary/aromatic N) is 3. The van der Waals surface area contributed by atoms with Crippen molar-refractivity contribution < 1.29 is 4.79 Å². The van der Waals surface area contributed by atoms with Gasteiger partial charge in [-0.15, -0.1) is 5.10 Å². The summed E-state index contributed by atoms with van der Waals surface area (Å²) in [7, 11) is 0. The van der Waals surface area contributed by atoms with Gasteiger partial charge < -0.3 is 10.6 Å². The molecule has 0 spiro atoms. The van der Waals surface area contributed by atoms with Crippen molar-refractivity contribution in [1.82, 2.24) is 25.6 Å². The van der Waals surface area contributed by atoms with E-state index in [9.17, 15) is 4.79 Å². The molecule has 1 atom stereocenters. The van der Waals surface area contributed by atoms with Crippen molar-refractivity contribution in [3.63, 3.8) is 0 Å². The first kappa shape index (κ1) is 14.0. The predicted molar refractivity (Wildman–Crippen MR) is 73.1 cm³/mol. The molecule has 0 bridgehead atoms. The van der Waals surface area contributed by atoms with Gasteiger partial charge in [0.2, 0.25) is 0 Å². The van der Waals surface area contributed by atoms with Crippen LogP contribution in [0.5, 0.6) is 0 Å². The maximum absolute atomic E-state index is 12.1. The highest BCUT2D eigenvalue weighted by Gasteiger charge is 2.23. The second-order valence-corrected chi connectivity index (χ2v) is 5.23. The van der Waals surface area contributed by atoms with E-state index in [2.05, 4.69) is 20.9 Å². The number of carbonyl (C=O) groups excluding carboxylic acids is 1. The van der Waals surface area contributed by atoms with E-state index in [-0.39, 0.29) is 11.9 Å². The van der Waals surface area contributed by atoms with E-state index in [0.29, 0.717) is 11.7 Å². The first-order valence-corrected chi connectivity index (χ1v) is 7.06. The first-order chi connectivity index (χ1) is 9.13. The number of amides is 1. The largest absolute Gasteiger partial charge is 0.348 e. The third kappa shape index (κ3) is 3.12. The van der Waals surface area contributed by atoms with Crippen molar-refractivity contribution in [3.05, 3.63) is 11.4 Å². The molecule has 1 aromatic rings. The van der Waals surface area contributed by atoms with Crippen LogP contribution in [0, 0.1) is 6.92 Å². The Morgan fingerprint density at radius 2 is 2.21 bits per heavy atom. The fourth-order valence-electron chi connectivity index (χ4n) is 2.34. The zero-order valence-corrected chi connectivity index (χ0v) is 11.9. The van der Waals surface area contributed by atoms with E-state index in [1.807, 2.05) is 25.5 Å². The van der Waals surface area contributed by atoms with Gasteiger partial charge in [-0.1, -0.05) is 12.1 Å². The normalized spacial score (nSPS) is 18.3. The Balaban J connectivity index is 2.10. The molecule has 19 heavy (non-hydrogen) atoms. The molecule has 6 heteroatoms. The van der Waals surface area contributed by atoms with Crippen LogP contribution >= 0.6 is 0 Å². The third-order valence-electron chi connectivity index (χ3n) is 3.79. The van der Waals surface area contributed by atoms with E-state index in [0.717, 1.165) is 38.0 Å². The molecular weight excluding hydrogens is 242 g/mol. The molecule has 1 amide bonds. The minimum atomic E-state index is -0.118. The molecule has 106 valence electrons. The molecule has 0 aliphatic carbocycles. The second kappa shape index (κ2) is 6.14. The van der Waals surface area contributed by atoms with Crippen LogP contribution in [0.25, 0.3) is 0 Å². The molecule has 1 unspecified atom stereocenters. The summed E-state index contributed by atoms with van der Waals surface area (Å²) in [5, 5.41) is 14.5. The molecule has 1 aliphatic heterocycles.